The number of fused-ring (bicyclic) bond motifs is 2. The molecule has 0 aliphatic rings. The lowest BCUT2D eigenvalue weighted by Crippen LogP contribution is -2.11. The fourth-order valence-corrected chi connectivity index (χ4v) is 2.82. The molecule has 1 N–H and O–H groups in total. The highest BCUT2D eigenvalue weighted by molar-refractivity contribution is 5.90. The van der Waals surface area contributed by atoms with E-state index in [1.807, 2.05) is 36.4 Å². The second-order valence-corrected chi connectivity index (χ2v) is 5.63. The molecule has 0 amide bonds. The first-order valence-corrected chi connectivity index (χ1v) is 7.99. The zero-order valence-electron chi connectivity index (χ0n) is 13.9. The molecule has 3 aromatic heterocycles. The number of ether oxygens (including phenoxy) is 1. The predicted octanol–water partition coefficient (Wildman–Crippen LogP) is 3.63. The van der Waals surface area contributed by atoms with Gasteiger partial charge in [0.25, 0.3) is 6.43 Å². The Morgan fingerprint density at radius 2 is 2.12 bits per heavy atom. The van der Waals surface area contributed by atoms with Crippen LogP contribution in [0.15, 0.2) is 48.8 Å². The van der Waals surface area contributed by atoms with Gasteiger partial charge < -0.3 is 10.1 Å². The molecular weight excluding hydrogens is 340 g/mol. The van der Waals surface area contributed by atoms with Crippen molar-refractivity contribution in [2.24, 2.45) is 0 Å². The normalized spacial score (nSPS) is 11.4. The van der Waals surface area contributed by atoms with E-state index in [2.05, 4.69) is 20.4 Å². The highest BCUT2D eigenvalue weighted by atomic mass is 19.3. The smallest absolute Gasteiger partial charge is 0.272 e. The molecule has 4 rings (SSSR count). The third kappa shape index (κ3) is 2.90. The number of nitrogens with one attached hydrogen (secondary N) is 1. The number of hydrogen-bond donors (Lipinski definition) is 1. The molecule has 0 fully saturated rings. The van der Waals surface area contributed by atoms with E-state index in [0.29, 0.717) is 5.52 Å². The second kappa shape index (κ2) is 6.55. The average Bonchev–Trinajstić information content (AvgIpc) is 3.09. The molecule has 6 nitrogen and oxygen atoms in total. The highest BCUT2D eigenvalue weighted by Crippen LogP contribution is 2.33. The van der Waals surface area contributed by atoms with Gasteiger partial charge in [-0.1, -0.05) is 12.1 Å². The lowest BCUT2D eigenvalue weighted by atomic mass is 10.0. The molecule has 8 heteroatoms. The summed E-state index contributed by atoms with van der Waals surface area (Å²) in [4.78, 5) is 8.51. The van der Waals surface area contributed by atoms with Gasteiger partial charge in [-0.2, -0.15) is 4.98 Å². The standard InChI is InChI=1S/C18H15F2N5O/c1-21-18-23-17(26-10-15(19)20)16-13(6-8-25(16)24-18)11-4-5-14-12(9-11)3-2-7-22-14/h2-9,15H,10H2,1H3,(H,21,24). The topological polar surface area (TPSA) is 64.3 Å². The summed E-state index contributed by atoms with van der Waals surface area (Å²) in [6, 6.07) is 11.5. The maximum Gasteiger partial charge on any atom is 0.272 e. The maximum atomic E-state index is 12.6. The summed E-state index contributed by atoms with van der Waals surface area (Å²) >= 11 is 0. The monoisotopic (exact) mass is 355 g/mol. The van der Waals surface area contributed by atoms with Crippen LogP contribution in [0.25, 0.3) is 27.5 Å². The number of pyridine rings is 1. The van der Waals surface area contributed by atoms with Gasteiger partial charge >= 0.3 is 0 Å². The van der Waals surface area contributed by atoms with Crippen LogP contribution >= 0.6 is 0 Å². The van der Waals surface area contributed by atoms with Gasteiger partial charge in [0.1, 0.15) is 5.52 Å². The summed E-state index contributed by atoms with van der Waals surface area (Å²) in [5.41, 5.74) is 3.11. The molecule has 0 aliphatic heterocycles. The van der Waals surface area contributed by atoms with E-state index in [1.165, 1.54) is 0 Å². The summed E-state index contributed by atoms with van der Waals surface area (Å²) in [5.74, 6) is 0.391. The predicted molar refractivity (Wildman–Crippen MR) is 94.8 cm³/mol. The zero-order valence-corrected chi connectivity index (χ0v) is 13.9. The van der Waals surface area contributed by atoms with Crippen LogP contribution in [0.4, 0.5) is 14.7 Å². The molecule has 3 heterocycles. The fourth-order valence-electron chi connectivity index (χ4n) is 2.82. The first-order chi connectivity index (χ1) is 12.7. The number of halogens is 2. The largest absolute Gasteiger partial charge is 0.470 e. The van der Waals surface area contributed by atoms with Crippen LogP contribution in [-0.2, 0) is 0 Å². The van der Waals surface area contributed by atoms with Crippen LogP contribution < -0.4 is 10.1 Å². The molecule has 0 spiro atoms. The Bertz CT molecular complexity index is 1080. The molecule has 26 heavy (non-hydrogen) atoms. The van der Waals surface area contributed by atoms with E-state index >= 15 is 0 Å². The van der Waals surface area contributed by atoms with Gasteiger partial charge in [-0.25, -0.2) is 13.3 Å². The first kappa shape index (κ1) is 16.2. The van der Waals surface area contributed by atoms with Crippen LogP contribution in [-0.4, -0.2) is 39.7 Å². The third-order valence-electron chi connectivity index (χ3n) is 3.96. The molecule has 0 radical (unpaired) electrons. The minimum atomic E-state index is -2.59. The lowest BCUT2D eigenvalue weighted by Gasteiger charge is -2.10. The van der Waals surface area contributed by atoms with Gasteiger partial charge in [-0.15, -0.1) is 5.10 Å². The minimum Gasteiger partial charge on any atom is -0.470 e. The van der Waals surface area contributed by atoms with Crippen LogP contribution in [0.5, 0.6) is 5.88 Å². The number of aromatic nitrogens is 4. The van der Waals surface area contributed by atoms with E-state index < -0.39 is 13.0 Å². The summed E-state index contributed by atoms with van der Waals surface area (Å²) in [6.45, 7) is -0.734. The Labute approximate surface area is 147 Å². The fraction of sp³-hybridized carbons (Fsp3) is 0.167. The summed E-state index contributed by atoms with van der Waals surface area (Å²) in [6.07, 6.45) is 0.892. The summed E-state index contributed by atoms with van der Waals surface area (Å²) in [7, 11) is 1.65. The van der Waals surface area contributed by atoms with E-state index in [1.54, 1.807) is 24.0 Å². The van der Waals surface area contributed by atoms with Gasteiger partial charge in [0, 0.05) is 30.4 Å². The van der Waals surface area contributed by atoms with E-state index in [4.69, 9.17) is 4.74 Å². The quantitative estimate of drug-likeness (QED) is 0.592. The Morgan fingerprint density at radius 1 is 1.23 bits per heavy atom. The Morgan fingerprint density at radius 3 is 2.92 bits per heavy atom. The van der Waals surface area contributed by atoms with Crippen molar-refractivity contribution in [3.8, 4) is 17.0 Å². The molecule has 4 aromatic rings. The minimum absolute atomic E-state index is 0.107. The maximum absolute atomic E-state index is 12.6. The molecule has 0 saturated heterocycles. The van der Waals surface area contributed by atoms with Gasteiger partial charge in [-0.3, -0.25) is 4.98 Å². The SMILES string of the molecule is CNc1nc(OCC(F)F)c2c(-c3ccc4ncccc4c3)ccn2n1. The Kier molecular flexibility index (Phi) is 4.08. The van der Waals surface area contributed by atoms with E-state index in [-0.39, 0.29) is 11.8 Å². The number of nitrogens with zero attached hydrogens (tertiary/aromatic N) is 4. The van der Waals surface area contributed by atoms with Crippen LogP contribution in [0.2, 0.25) is 0 Å². The third-order valence-corrected chi connectivity index (χ3v) is 3.96. The van der Waals surface area contributed by atoms with Crippen molar-refractivity contribution in [2.75, 3.05) is 19.0 Å². The van der Waals surface area contributed by atoms with Gasteiger partial charge in [0.2, 0.25) is 11.8 Å². The van der Waals surface area contributed by atoms with Crippen molar-refractivity contribution >= 4 is 22.4 Å². The second-order valence-electron chi connectivity index (χ2n) is 5.63. The van der Waals surface area contributed by atoms with Crippen LogP contribution in [0.1, 0.15) is 0 Å². The molecule has 0 atom stereocenters. The Hall–Kier alpha value is -3.29. The lowest BCUT2D eigenvalue weighted by molar-refractivity contribution is 0.0802. The molecule has 1 aromatic carbocycles. The van der Waals surface area contributed by atoms with Crippen LogP contribution in [0, 0.1) is 0 Å². The number of alkyl halides is 2. The molecule has 0 aliphatic carbocycles. The average molecular weight is 355 g/mol. The van der Waals surface area contributed by atoms with Crippen molar-refractivity contribution in [1.29, 1.82) is 0 Å². The highest BCUT2D eigenvalue weighted by Gasteiger charge is 2.17. The van der Waals surface area contributed by atoms with E-state index in [9.17, 15) is 8.78 Å². The molecule has 0 saturated carbocycles. The van der Waals surface area contributed by atoms with Gasteiger partial charge in [-0.05, 0) is 29.8 Å². The van der Waals surface area contributed by atoms with Gasteiger partial charge in [0.05, 0.1) is 5.52 Å². The number of benzene rings is 1. The van der Waals surface area contributed by atoms with Crippen molar-refractivity contribution in [1.82, 2.24) is 19.6 Å². The summed E-state index contributed by atoms with van der Waals surface area (Å²) in [5, 5.41) is 8.08. The Balaban J connectivity index is 1.88. The van der Waals surface area contributed by atoms with Crippen molar-refractivity contribution in [3.05, 3.63) is 48.8 Å². The first-order valence-electron chi connectivity index (χ1n) is 7.99. The van der Waals surface area contributed by atoms with Crippen molar-refractivity contribution in [3.63, 3.8) is 0 Å². The number of rotatable bonds is 5. The molecule has 0 unspecified atom stereocenters. The van der Waals surface area contributed by atoms with E-state index in [0.717, 1.165) is 22.0 Å². The van der Waals surface area contributed by atoms with Gasteiger partial charge in [0.15, 0.2) is 6.61 Å². The number of anilines is 1. The molecule has 132 valence electrons. The number of hydrogen-bond acceptors (Lipinski definition) is 5. The molecular formula is C18H15F2N5O. The van der Waals surface area contributed by atoms with Crippen LogP contribution in [0.3, 0.4) is 0 Å². The zero-order chi connectivity index (χ0) is 18.1. The van der Waals surface area contributed by atoms with Crippen molar-refractivity contribution < 1.29 is 13.5 Å². The molecule has 0 bridgehead atoms. The summed E-state index contributed by atoms with van der Waals surface area (Å²) < 4.78 is 32.1. The van der Waals surface area contributed by atoms with Crippen molar-refractivity contribution in [2.45, 2.75) is 6.43 Å².